The molecule has 0 aliphatic heterocycles. The van der Waals surface area contributed by atoms with Crippen molar-refractivity contribution in [2.45, 2.75) is 17.6 Å². The number of amides is 1. The molecule has 0 unspecified atom stereocenters. The second-order valence-electron chi connectivity index (χ2n) is 2.73. The summed E-state index contributed by atoms with van der Waals surface area (Å²) in [5, 5.41) is 2.70. The average molecular weight is 175 g/mol. The van der Waals surface area contributed by atoms with Gasteiger partial charge in [0.15, 0.2) is 0 Å². The minimum absolute atomic E-state index is 0.328. The standard InChI is InChI=1S/C7H13NO2S/c1-10-6(9)8-5-7(11-2)3-4-7/h3-5H2,1-2H3,(H,8,9). The highest BCUT2D eigenvalue weighted by Gasteiger charge is 2.41. The molecule has 1 aliphatic carbocycles. The van der Waals surface area contributed by atoms with Crippen LogP contribution in [-0.4, -0.2) is 30.8 Å². The maximum Gasteiger partial charge on any atom is 0.406 e. The van der Waals surface area contributed by atoms with Crippen molar-refractivity contribution in [3.63, 3.8) is 0 Å². The maximum atomic E-state index is 10.7. The van der Waals surface area contributed by atoms with Crippen molar-refractivity contribution in [3.8, 4) is 0 Å². The first-order valence-corrected chi connectivity index (χ1v) is 4.82. The molecule has 1 fully saturated rings. The predicted molar refractivity (Wildman–Crippen MR) is 45.9 cm³/mol. The number of ether oxygens (including phenoxy) is 1. The summed E-state index contributed by atoms with van der Waals surface area (Å²) < 4.78 is 4.79. The Kier molecular flexibility index (Phi) is 2.65. The highest BCUT2D eigenvalue weighted by atomic mass is 32.2. The van der Waals surface area contributed by atoms with Crippen LogP contribution in [0.2, 0.25) is 0 Å². The first-order chi connectivity index (χ1) is 5.22. The van der Waals surface area contributed by atoms with Crippen molar-refractivity contribution >= 4 is 17.9 Å². The lowest BCUT2D eigenvalue weighted by atomic mass is 10.4. The van der Waals surface area contributed by atoms with Crippen LogP contribution in [0.25, 0.3) is 0 Å². The van der Waals surface area contributed by atoms with Gasteiger partial charge in [0, 0.05) is 11.3 Å². The van der Waals surface area contributed by atoms with Crippen LogP contribution in [0, 0.1) is 0 Å². The van der Waals surface area contributed by atoms with E-state index in [0.29, 0.717) is 4.75 Å². The Morgan fingerprint density at radius 2 is 2.36 bits per heavy atom. The van der Waals surface area contributed by atoms with Crippen molar-refractivity contribution in [1.29, 1.82) is 0 Å². The lowest BCUT2D eigenvalue weighted by Gasteiger charge is -2.11. The molecule has 0 saturated heterocycles. The van der Waals surface area contributed by atoms with Gasteiger partial charge in [-0.2, -0.15) is 11.8 Å². The average Bonchev–Trinajstić information content (AvgIpc) is 2.81. The number of carbonyl (C=O) groups is 1. The fourth-order valence-corrected chi connectivity index (χ4v) is 1.62. The molecule has 0 bridgehead atoms. The van der Waals surface area contributed by atoms with Crippen molar-refractivity contribution in [1.82, 2.24) is 5.32 Å². The van der Waals surface area contributed by atoms with Crippen LogP contribution in [-0.2, 0) is 4.74 Å². The fraction of sp³-hybridized carbons (Fsp3) is 0.857. The Balaban J connectivity index is 2.16. The largest absolute Gasteiger partial charge is 0.453 e. The van der Waals surface area contributed by atoms with Crippen molar-refractivity contribution in [2.24, 2.45) is 0 Å². The number of thioether (sulfide) groups is 1. The zero-order chi connectivity index (χ0) is 8.32. The third-order valence-electron chi connectivity index (χ3n) is 1.98. The number of hydrogen-bond donors (Lipinski definition) is 1. The summed E-state index contributed by atoms with van der Waals surface area (Å²) >= 11 is 1.82. The van der Waals surface area contributed by atoms with E-state index in [2.05, 4.69) is 16.3 Å². The number of nitrogens with one attached hydrogen (secondary N) is 1. The maximum absolute atomic E-state index is 10.7. The minimum Gasteiger partial charge on any atom is -0.453 e. The van der Waals surface area contributed by atoms with Gasteiger partial charge >= 0.3 is 6.09 Å². The highest BCUT2D eigenvalue weighted by Crippen LogP contribution is 2.46. The molecule has 0 radical (unpaired) electrons. The molecule has 1 rings (SSSR count). The van der Waals surface area contributed by atoms with Crippen LogP contribution in [0.4, 0.5) is 4.79 Å². The smallest absolute Gasteiger partial charge is 0.406 e. The van der Waals surface area contributed by atoms with Crippen LogP contribution in [0.15, 0.2) is 0 Å². The van der Waals surface area contributed by atoms with E-state index < -0.39 is 0 Å². The molecule has 1 amide bonds. The predicted octanol–water partition coefficient (Wildman–Crippen LogP) is 1.24. The zero-order valence-corrected chi connectivity index (χ0v) is 7.66. The van der Waals surface area contributed by atoms with Crippen LogP contribution < -0.4 is 5.32 Å². The number of hydrogen-bond acceptors (Lipinski definition) is 3. The van der Waals surface area contributed by atoms with E-state index in [1.165, 1.54) is 20.0 Å². The summed E-state index contributed by atoms with van der Waals surface area (Å²) in [7, 11) is 1.38. The van der Waals surface area contributed by atoms with Gasteiger partial charge in [0.1, 0.15) is 0 Å². The summed E-state index contributed by atoms with van der Waals surface area (Å²) in [6.07, 6.45) is 4.16. The summed E-state index contributed by atoms with van der Waals surface area (Å²) in [6.45, 7) is 0.737. The van der Waals surface area contributed by atoms with Crippen LogP contribution in [0.3, 0.4) is 0 Å². The normalized spacial score (nSPS) is 19.1. The lowest BCUT2D eigenvalue weighted by molar-refractivity contribution is 0.171. The monoisotopic (exact) mass is 175 g/mol. The van der Waals surface area contributed by atoms with Gasteiger partial charge in [0.05, 0.1) is 7.11 Å². The van der Waals surface area contributed by atoms with Crippen molar-refractivity contribution in [2.75, 3.05) is 19.9 Å². The number of rotatable bonds is 3. The molecule has 1 saturated carbocycles. The molecule has 0 aromatic rings. The van der Waals surface area contributed by atoms with E-state index in [-0.39, 0.29) is 6.09 Å². The topological polar surface area (TPSA) is 38.3 Å². The first kappa shape index (κ1) is 8.71. The first-order valence-electron chi connectivity index (χ1n) is 3.59. The van der Waals surface area contributed by atoms with Crippen molar-refractivity contribution in [3.05, 3.63) is 0 Å². The Labute approximate surface area is 70.9 Å². The summed E-state index contributed by atoms with van der Waals surface area (Å²) in [4.78, 5) is 10.7. The Bertz CT molecular complexity index is 157. The molecule has 1 aliphatic rings. The van der Waals surface area contributed by atoms with Gasteiger partial charge in [0.2, 0.25) is 0 Å². The summed E-state index contributed by atoms with van der Waals surface area (Å²) in [5.41, 5.74) is 0. The molecule has 0 aromatic carbocycles. The second-order valence-corrected chi connectivity index (χ2v) is 4.01. The summed E-state index contributed by atoms with van der Waals surface area (Å²) in [5.74, 6) is 0. The van der Waals surface area contributed by atoms with E-state index in [4.69, 9.17) is 0 Å². The van der Waals surface area contributed by atoms with Gasteiger partial charge in [-0.1, -0.05) is 0 Å². The van der Waals surface area contributed by atoms with Gasteiger partial charge < -0.3 is 10.1 Å². The molecular weight excluding hydrogens is 162 g/mol. The van der Waals surface area contributed by atoms with Gasteiger partial charge in [-0.25, -0.2) is 4.79 Å². The molecule has 11 heavy (non-hydrogen) atoms. The minimum atomic E-state index is -0.328. The van der Waals surface area contributed by atoms with E-state index in [1.54, 1.807) is 0 Å². The van der Waals surface area contributed by atoms with E-state index in [0.717, 1.165) is 6.54 Å². The lowest BCUT2D eigenvalue weighted by Crippen LogP contribution is -2.31. The molecule has 0 heterocycles. The van der Waals surface area contributed by atoms with Crippen LogP contribution >= 0.6 is 11.8 Å². The number of methoxy groups -OCH3 is 1. The molecule has 3 nitrogen and oxygen atoms in total. The zero-order valence-electron chi connectivity index (χ0n) is 6.85. The third kappa shape index (κ3) is 2.29. The molecule has 4 heteroatoms. The van der Waals surface area contributed by atoms with Crippen LogP contribution in [0.5, 0.6) is 0 Å². The van der Waals surface area contributed by atoms with Crippen LogP contribution in [0.1, 0.15) is 12.8 Å². The van der Waals surface area contributed by atoms with E-state index in [1.807, 2.05) is 11.8 Å². The van der Waals surface area contributed by atoms with Crippen molar-refractivity contribution < 1.29 is 9.53 Å². The SMILES string of the molecule is COC(=O)NCC1(SC)CC1. The number of carbonyl (C=O) groups excluding carboxylic acids is 1. The Morgan fingerprint density at radius 1 is 1.73 bits per heavy atom. The quantitative estimate of drug-likeness (QED) is 0.701. The fourth-order valence-electron chi connectivity index (χ4n) is 0.898. The third-order valence-corrected chi connectivity index (χ3v) is 3.40. The molecular formula is C7H13NO2S. The molecule has 0 spiro atoms. The second kappa shape index (κ2) is 3.34. The van der Waals surface area contributed by atoms with Gasteiger partial charge in [-0.3, -0.25) is 0 Å². The van der Waals surface area contributed by atoms with Gasteiger partial charge in [-0.15, -0.1) is 0 Å². The van der Waals surface area contributed by atoms with E-state index in [9.17, 15) is 4.79 Å². The number of alkyl carbamates (subject to hydrolysis) is 1. The van der Waals surface area contributed by atoms with Gasteiger partial charge in [-0.05, 0) is 19.1 Å². The summed E-state index contributed by atoms with van der Waals surface area (Å²) in [6, 6.07) is 0. The van der Waals surface area contributed by atoms with Gasteiger partial charge in [0.25, 0.3) is 0 Å². The molecule has 1 N–H and O–H groups in total. The van der Waals surface area contributed by atoms with E-state index >= 15 is 0 Å². The molecule has 0 atom stereocenters. The highest BCUT2D eigenvalue weighted by molar-refractivity contribution is 8.00. The molecule has 64 valence electrons. The Morgan fingerprint density at radius 3 is 2.73 bits per heavy atom. The Hall–Kier alpha value is -0.380. The molecule has 0 aromatic heterocycles.